The molecule has 0 atom stereocenters. The molecule has 5 heteroatoms. The van der Waals surface area contributed by atoms with Crippen LogP contribution in [0.15, 0.2) is 40.8 Å². The molecule has 0 saturated carbocycles. The van der Waals surface area contributed by atoms with Gasteiger partial charge in [0.1, 0.15) is 12.1 Å². The minimum atomic E-state index is -0.221. The summed E-state index contributed by atoms with van der Waals surface area (Å²) in [5.74, 6) is 6.04. The van der Waals surface area contributed by atoms with Gasteiger partial charge in [-0.25, -0.2) is 4.98 Å². The lowest BCUT2D eigenvalue weighted by Gasteiger charge is -2.01. The minimum Gasteiger partial charge on any atom is -0.439 e. The second-order valence-corrected chi connectivity index (χ2v) is 5.80. The molecule has 0 aliphatic heterocycles. The van der Waals surface area contributed by atoms with Crippen LogP contribution in [0, 0.1) is 11.8 Å². The Bertz CT molecular complexity index is 906. The summed E-state index contributed by atoms with van der Waals surface area (Å²) >= 11 is 12.2. The van der Waals surface area contributed by atoms with Gasteiger partial charge in [-0.05, 0) is 30.2 Å². The van der Waals surface area contributed by atoms with Crippen LogP contribution in [0.2, 0.25) is 10.0 Å². The Balaban J connectivity index is 1.89. The number of hydrogen-bond donors (Lipinski definition) is 1. The van der Waals surface area contributed by atoms with Gasteiger partial charge >= 0.3 is 0 Å². The molecule has 0 bridgehead atoms. The molecule has 23 heavy (non-hydrogen) atoms. The van der Waals surface area contributed by atoms with Gasteiger partial charge in [0.2, 0.25) is 0 Å². The van der Waals surface area contributed by atoms with Crippen LogP contribution in [-0.2, 0) is 12.8 Å². The second kappa shape index (κ2) is 7.06. The SMILES string of the molecule is OCC#Cc1cc(Cl)cc2nc(CCc3ccccc3Cl)oc12. The number of halogens is 2. The molecule has 3 aromatic rings. The lowest BCUT2D eigenvalue weighted by molar-refractivity contribution is 0.350. The Morgan fingerprint density at radius 3 is 2.74 bits per heavy atom. The summed E-state index contributed by atoms with van der Waals surface area (Å²) in [5.41, 5.74) is 2.92. The van der Waals surface area contributed by atoms with Gasteiger partial charge in [-0.3, -0.25) is 0 Å². The maximum atomic E-state index is 8.85. The van der Waals surface area contributed by atoms with E-state index in [1.54, 1.807) is 12.1 Å². The number of hydrogen-bond acceptors (Lipinski definition) is 3. The molecule has 2 aromatic carbocycles. The third-order valence-electron chi connectivity index (χ3n) is 3.37. The third kappa shape index (κ3) is 3.68. The van der Waals surface area contributed by atoms with Crippen LogP contribution in [0.1, 0.15) is 17.0 Å². The molecule has 3 rings (SSSR count). The molecule has 1 heterocycles. The third-order valence-corrected chi connectivity index (χ3v) is 3.95. The number of rotatable bonds is 3. The molecular formula is C18H13Cl2NO2. The van der Waals surface area contributed by atoms with Crippen molar-refractivity contribution in [3.63, 3.8) is 0 Å². The summed E-state index contributed by atoms with van der Waals surface area (Å²) in [6, 6.07) is 11.2. The Kier molecular flexibility index (Phi) is 4.88. The van der Waals surface area contributed by atoms with Gasteiger partial charge in [0, 0.05) is 16.5 Å². The maximum Gasteiger partial charge on any atom is 0.195 e. The number of oxazole rings is 1. The number of aliphatic hydroxyl groups is 1. The van der Waals surface area contributed by atoms with E-state index in [0.717, 1.165) is 17.0 Å². The highest BCUT2D eigenvalue weighted by Gasteiger charge is 2.11. The standard InChI is InChI=1S/C18H13Cl2NO2/c19-14-10-13(5-3-9-22)18-16(11-14)21-17(23-18)8-7-12-4-1-2-6-15(12)20/h1-2,4,6,10-11,22H,7-9H2. The van der Waals surface area contributed by atoms with E-state index < -0.39 is 0 Å². The van der Waals surface area contributed by atoms with Crippen molar-refractivity contribution in [2.45, 2.75) is 12.8 Å². The van der Waals surface area contributed by atoms with Crippen molar-refractivity contribution < 1.29 is 9.52 Å². The van der Waals surface area contributed by atoms with Crippen molar-refractivity contribution in [1.82, 2.24) is 4.98 Å². The molecule has 1 aromatic heterocycles. The van der Waals surface area contributed by atoms with Gasteiger partial charge in [-0.2, -0.15) is 0 Å². The normalized spacial score (nSPS) is 10.6. The fraction of sp³-hybridized carbons (Fsp3) is 0.167. The van der Waals surface area contributed by atoms with Gasteiger partial charge < -0.3 is 9.52 Å². The van der Waals surface area contributed by atoms with Gasteiger partial charge in [0.25, 0.3) is 0 Å². The van der Waals surface area contributed by atoms with Gasteiger partial charge in [0.15, 0.2) is 11.5 Å². The van der Waals surface area contributed by atoms with Gasteiger partial charge in [0.05, 0.1) is 5.56 Å². The topological polar surface area (TPSA) is 46.3 Å². The number of benzene rings is 2. The lowest BCUT2D eigenvalue weighted by Crippen LogP contribution is -1.92. The summed E-state index contributed by atoms with van der Waals surface area (Å²) in [6.07, 6.45) is 1.36. The Morgan fingerprint density at radius 1 is 1.13 bits per heavy atom. The van der Waals surface area contributed by atoms with E-state index >= 15 is 0 Å². The van der Waals surface area contributed by atoms with Gasteiger partial charge in [-0.1, -0.05) is 53.2 Å². The Morgan fingerprint density at radius 2 is 1.96 bits per heavy atom. The van der Waals surface area contributed by atoms with Crippen molar-refractivity contribution >= 4 is 34.3 Å². The van der Waals surface area contributed by atoms with Crippen molar-refractivity contribution in [1.29, 1.82) is 0 Å². The van der Waals surface area contributed by atoms with E-state index in [4.69, 9.17) is 32.7 Å². The first-order chi connectivity index (χ1) is 11.2. The average Bonchev–Trinajstić information content (AvgIpc) is 2.94. The Hall–Kier alpha value is -1.99. The van der Waals surface area contributed by atoms with Crippen LogP contribution in [0.3, 0.4) is 0 Å². The van der Waals surface area contributed by atoms with Crippen LogP contribution in [0.5, 0.6) is 0 Å². The summed E-state index contributed by atoms with van der Waals surface area (Å²) < 4.78 is 5.82. The monoisotopic (exact) mass is 345 g/mol. The molecule has 0 spiro atoms. The molecule has 0 radical (unpaired) electrons. The number of aliphatic hydroxyl groups excluding tert-OH is 1. The Labute approximate surface area is 143 Å². The number of aryl methyl sites for hydroxylation is 2. The first kappa shape index (κ1) is 15.9. The smallest absolute Gasteiger partial charge is 0.195 e. The van der Waals surface area contributed by atoms with E-state index in [9.17, 15) is 0 Å². The van der Waals surface area contributed by atoms with Gasteiger partial charge in [-0.15, -0.1) is 0 Å². The molecule has 116 valence electrons. The molecular weight excluding hydrogens is 333 g/mol. The molecule has 0 aliphatic rings. The van der Waals surface area contributed by atoms with Crippen molar-refractivity contribution in [2.24, 2.45) is 0 Å². The molecule has 0 aliphatic carbocycles. The highest BCUT2D eigenvalue weighted by atomic mass is 35.5. The average molecular weight is 346 g/mol. The zero-order valence-corrected chi connectivity index (χ0v) is 13.7. The molecule has 0 saturated heterocycles. The van der Waals surface area contributed by atoms with Crippen LogP contribution in [0.4, 0.5) is 0 Å². The van der Waals surface area contributed by atoms with Crippen molar-refractivity contribution in [2.75, 3.05) is 6.61 Å². The van der Waals surface area contributed by atoms with Crippen LogP contribution < -0.4 is 0 Å². The summed E-state index contributed by atoms with van der Waals surface area (Å²) in [7, 11) is 0. The summed E-state index contributed by atoms with van der Waals surface area (Å²) in [4.78, 5) is 4.46. The number of aromatic nitrogens is 1. The van der Waals surface area contributed by atoms with Crippen LogP contribution >= 0.6 is 23.2 Å². The highest BCUT2D eigenvalue weighted by Crippen LogP contribution is 2.25. The lowest BCUT2D eigenvalue weighted by atomic mass is 10.1. The fourth-order valence-electron chi connectivity index (χ4n) is 2.32. The van der Waals surface area contributed by atoms with E-state index in [1.165, 1.54) is 0 Å². The fourth-order valence-corrected chi connectivity index (χ4v) is 2.76. The first-order valence-electron chi connectivity index (χ1n) is 7.09. The van der Waals surface area contributed by atoms with E-state index in [0.29, 0.717) is 34.0 Å². The quantitative estimate of drug-likeness (QED) is 0.721. The zero-order chi connectivity index (χ0) is 16.2. The summed E-state index contributed by atoms with van der Waals surface area (Å²) in [5, 5.41) is 10.1. The summed E-state index contributed by atoms with van der Waals surface area (Å²) in [6.45, 7) is -0.221. The number of fused-ring (bicyclic) bond motifs is 1. The molecule has 0 unspecified atom stereocenters. The largest absolute Gasteiger partial charge is 0.439 e. The van der Waals surface area contributed by atoms with Crippen molar-refractivity contribution in [3.8, 4) is 11.8 Å². The molecule has 0 fully saturated rings. The second-order valence-electron chi connectivity index (χ2n) is 4.96. The van der Waals surface area contributed by atoms with E-state index in [2.05, 4.69) is 16.8 Å². The van der Waals surface area contributed by atoms with E-state index in [-0.39, 0.29) is 6.61 Å². The highest BCUT2D eigenvalue weighted by molar-refractivity contribution is 6.31. The van der Waals surface area contributed by atoms with E-state index in [1.807, 2.05) is 24.3 Å². The minimum absolute atomic E-state index is 0.221. The van der Waals surface area contributed by atoms with Crippen LogP contribution in [0.25, 0.3) is 11.1 Å². The number of nitrogens with zero attached hydrogens (tertiary/aromatic N) is 1. The predicted molar refractivity (Wildman–Crippen MR) is 91.8 cm³/mol. The zero-order valence-electron chi connectivity index (χ0n) is 12.1. The maximum absolute atomic E-state index is 8.85. The molecule has 3 nitrogen and oxygen atoms in total. The molecule has 0 amide bonds. The first-order valence-corrected chi connectivity index (χ1v) is 7.85. The predicted octanol–water partition coefficient (Wildman–Crippen LogP) is 4.26. The van der Waals surface area contributed by atoms with Crippen molar-refractivity contribution in [3.05, 3.63) is 63.5 Å². The molecule has 1 N–H and O–H groups in total. The van der Waals surface area contributed by atoms with Crippen LogP contribution in [-0.4, -0.2) is 16.7 Å².